The van der Waals surface area contributed by atoms with E-state index in [0.717, 1.165) is 29.8 Å². The van der Waals surface area contributed by atoms with Crippen molar-refractivity contribution in [1.29, 1.82) is 0 Å². The Labute approximate surface area is 135 Å². The van der Waals surface area contributed by atoms with Gasteiger partial charge in [0.15, 0.2) is 5.58 Å². The summed E-state index contributed by atoms with van der Waals surface area (Å²) in [4.78, 5) is 4.52. The largest absolute Gasteiger partial charge is 0.436 e. The lowest BCUT2D eigenvalue weighted by Gasteiger charge is -2.10. The molecule has 1 aliphatic rings. The molecule has 4 nitrogen and oxygen atoms in total. The molecular weight excluding hydrogens is 288 g/mol. The number of nitrogens with zero attached hydrogens (tertiary/aromatic N) is 1. The molecular formula is C19H20N2O2. The van der Waals surface area contributed by atoms with E-state index >= 15 is 0 Å². The lowest BCUT2D eigenvalue weighted by molar-refractivity contribution is 0.103. The highest BCUT2D eigenvalue weighted by molar-refractivity contribution is 5.75. The summed E-state index contributed by atoms with van der Waals surface area (Å²) in [6.07, 6.45) is 2.48. The van der Waals surface area contributed by atoms with Gasteiger partial charge in [-0.15, -0.1) is 0 Å². The standard InChI is InChI=1S/C19H20N2O2/c1-2-6-18-17(5-1)21-19(23-18)15-9-7-14(8-10-15)12-22-13-16-4-3-11-20-16/h1-2,5-10,16,20H,3-4,11-13H2/t16-/m0/s1. The van der Waals surface area contributed by atoms with Crippen molar-refractivity contribution in [2.24, 2.45) is 0 Å². The molecule has 1 saturated heterocycles. The number of rotatable bonds is 5. The van der Waals surface area contributed by atoms with Gasteiger partial charge in [-0.05, 0) is 49.2 Å². The molecule has 23 heavy (non-hydrogen) atoms. The fraction of sp³-hybridized carbons (Fsp3) is 0.316. The second-order valence-electron chi connectivity index (χ2n) is 5.99. The molecule has 2 aromatic carbocycles. The smallest absolute Gasteiger partial charge is 0.227 e. The van der Waals surface area contributed by atoms with Gasteiger partial charge in [0.1, 0.15) is 5.52 Å². The van der Waals surface area contributed by atoms with Crippen LogP contribution in [0.4, 0.5) is 0 Å². The van der Waals surface area contributed by atoms with Crippen LogP contribution in [0.3, 0.4) is 0 Å². The molecule has 1 atom stereocenters. The number of hydrogen-bond donors (Lipinski definition) is 1. The van der Waals surface area contributed by atoms with E-state index in [1.807, 2.05) is 36.4 Å². The Kier molecular flexibility index (Phi) is 4.09. The van der Waals surface area contributed by atoms with Crippen molar-refractivity contribution >= 4 is 11.1 Å². The third-order valence-corrected chi connectivity index (χ3v) is 4.24. The first-order chi connectivity index (χ1) is 11.4. The molecule has 0 amide bonds. The van der Waals surface area contributed by atoms with Crippen molar-refractivity contribution in [2.75, 3.05) is 13.2 Å². The maximum Gasteiger partial charge on any atom is 0.227 e. The summed E-state index contributed by atoms with van der Waals surface area (Å²) in [5, 5.41) is 3.44. The number of benzene rings is 2. The van der Waals surface area contributed by atoms with E-state index in [4.69, 9.17) is 9.15 Å². The third-order valence-electron chi connectivity index (χ3n) is 4.24. The molecule has 118 valence electrons. The predicted molar refractivity (Wildman–Crippen MR) is 90.1 cm³/mol. The summed E-state index contributed by atoms with van der Waals surface area (Å²) in [7, 11) is 0. The van der Waals surface area contributed by atoms with Crippen LogP contribution in [0.2, 0.25) is 0 Å². The van der Waals surface area contributed by atoms with Gasteiger partial charge in [-0.3, -0.25) is 0 Å². The van der Waals surface area contributed by atoms with Crippen LogP contribution in [0.1, 0.15) is 18.4 Å². The lowest BCUT2D eigenvalue weighted by atomic mass is 10.1. The van der Waals surface area contributed by atoms with Crippen molar-refractivity contribution in [3.63, 3.8) is 0 Å². The molecule has 1 fully saturated rings. The van der Waals surface area contributed by atoms with Crippen LogP contribution in [0.5, 0.6) is 0 Å². The summed E-state index contributed by atoms with van der Waals surface area (Å²) < 4.78 is 11.6. The van der Waals surface area contributed by atoms with Crippen LogP contribution in [-0.4, -0.2) is 24.2 Å². The maximum atomic E-state index is 5.80. The minimum absolute atomic E-state index is 0.522. The van der Waals surface area contributed by atoms with Crippen molar-refractivity contribution < 1.29 is 9.15 Å². The Morgan fingerprint density at radius 2 is 2.00 bits per heavy atom. The molecule has 0 unspecified atom stereocenters. The van der Waals surface area contributed by atoms with E-state index in [9.17, 15) is 0 Å². The number of oxazole rings is 1. The van der Waals surface area contributed by atoms with E-state index in [-0.39, 0.29) is 0 Å². The zero-order valence-electron chi connectivity index (χ0n) is 13.0. The monoisotopic (exact) mass is 308 g/mol. The van der Waals surface area contributed by atoms with E-state index in [1.165, 1.54) is 18.4 Å². The van der Waals surface area contributed by atoms with Crippen molar-refractivity contribution in [1.82, 2.24) is 10.3 Å². The Hall–Kier alpha value is -2.17. The second kappa shape index (κ2) is 6.52. The second-order valence-corrected chi connectivity index (χ2v) is 5.99. The Morgan fingerprint density at radius 3 is 2.78 bits per heavy atom. The van der Waals surface area contributed by atoms with Crippen molar-refractivity contribution in [3.05, 3.63) is 54.1 Å². The van der Waals surface area contributed by atoms with E-state index < -0.39 is 0 Å². The lowest BCUT2D eigenvalue weighted by Crippen LogP contribution is -2.26. The van der Waals surface area contributed by atoms with E-state index in [2.05, 4.69) is 22.4 Å². The van der Waals surface area contributed by atoms with Gasteiger partial charge in [-0.1, -0.05) is 24.3 Å². The number of nitrogens with one attached hydrogen (secondary N) is 1. The molecule has 0 bridgehead atoms. The quantitative estimate of drug-likeness (QED) is 0.779. The molecule has 2 heterocycles. The van der Waals surface area contributed by atoms with Gasteiger partial charge in [0.2, 0.25) is 5.89 Å². The Morgan fingerprint density at radius 1 is 1.13 bits per heavy atom. The topological polar surface area (TPSA) is 47.3 Å². The SMILES string of the molecule is c1ccc2oc(-c3ccc(COC[C@@H]4CCCN4)cc3)nc2c1. The highest BCUT2D eigenvalue weighted by Crippen LogP contribution is 2.24. The molecule has 0 radical (unpaired) electrons. The summed E-state index contributed by atoms with van der Waals surface area (Å²) in [6.45, 7) is 2.55. The molecule has 1 aliphatic heterocycles. The summed E-state index contributed by atoms with van der Waals surface area (Å²) in [6, 6.07) is 16.6. The maximum absolute atomic E-state index is 5.80. The highest BCUT2D eigenvalue weighted by Gasteiger charge is 2.13. The summed E-state index contributed by atoms with van der Waals surface area (Å²) in [5.74, 6) is 0.661. The van der Waals surface area contributed by atoms with Gasteiger partial charge in [0.25, 0.3) is 0 Å². The number of hydrogen-bond acceptors (Lipinski definition) is 4. The number of para-hydroxylation sites is 2. The van der Waals surface area contributed by atoms with Gasteiger partial charge in [-0.2, -0.15) is 0 Å². The first-order valence-corrected chi connectivity index (χ1v) is 8.14. The average Bonchev–Trinajstić information content (AvgIpc) is 3.24. The number of fused-ring (bicyclic) bond motifs is 1. The molecule has 0 saturated carbocycles. The minimum atomic E-state index is 0.522. The number of aromatic nitrogens is 1. The van der Waals surface area contributed by atoms with Gasteiger partial charge in [-0.25, -0.2) is 4.98 Å². The summed E-state index contributed by atoms with van der Waals surface area (Å²) >= 11 is 0. The van der Waals surface area contributed by atoms with Crippen LogP contribution in [0.15, 0.2) is 52.9 Å². The third kappa shape index (κ3) is 3.28. The molecule has 4 rings (SSSR count). The van der Waals surface area contributed by atoms with Crippen LogP contribution in [0, 0.1) is 0 Å². The Balaban J connectivity index is 1.40. The van der Waals surface area contributed by atoms with E-state index in [1.54, 1.807) is 0 Å². The molecule has 1 N–H and O–H groups in total. The molecule has 3 aromatic rings. The zero-order valence-corrected chi connectivity index (χ0v) is 13.0. The predicted octanol–water partition coefficient (Wildman–Crippen LogP) is 3.76. The van der Waals surface area contributed by atoms with Crippen molar-refractivity contribution in [3.8, 4) is 11.5 Å². The van der Waals surface area contributed by atoms with Crippen LogP contribution >= 0.6 is 0 Å². The highest BCUT2D eigenvalue weighted by atomic mass is 16.5. The molecule has 4 heteroatoms. The summed E-state index contributed by atoms with van der Waals surface area (Å²) in [5.41, 5.74) is 3.86. The normalized spacial score (nSPS) is 17.8. The van der Waals surface area contributed by atoms with Crippen LogP contribution in [-0.2, 0) is 11.3 Å². The fourth-order valence-electron chi connectivity index (χ4n) is 2.96. The van der Waals surface area contributed by atoms with Crippen molar-refractivity contribution in [2.45, 2.75) is 25.5 Å². The minimum Gasteiger partial charge on any atom is -0.436 e. The fourth-order valence-corrected chi connectivity index (χ4v) is 2.96. The first kappa shape index (κ1) is 14.4. The average molecular weight is 308 g/mol. The zero-order chi connectivity index (χ0) is 15.5. The van der Waals surface area contributed by atoms with Gasteiger partial charge < -0.3 is 14.5 Å². The molecule has 0 aliphatic carbocycles. The van der Waals surface area contributed by atoms with Crippen LogP contribution < -0.4 is 5.32 Å². The van der Waals surface area contributed by atoms with Crippen LogP contribution in [0.25, 0.3) is 22.6 Å². The number of ether oxygens (including phenoxy) is 1. The van der Waals surface area contributed by atoms with Gasteiger partial charge in [0, 0.05) is 11.6 Å². The Bertz CT molecular complexity index is 740. The molecule has 0 spiro atoms. The van der Waals surface area contributed by atoms with E-state index in [0.29, 0.717) is 18.5 Å². The first-order valence-electron chi connectivity index (χ1n) is 8.14. The van der Waals surface area contributed by atoms with Gasteiger partial charge >= 0.3 is 0 Å². The molecule has 1 aromatic heterocycles. The van der Waals surface area contributed by atoms with Gasteiger partial charge in [0.05, 0.1) is 13.2 Å².